The van der Waals surface area contributed by atoms with Crippen LogP contribution in [0.5, 0.6) is 0 Å². The highest BCUT2D eigenvalue weighted by molar-refractivity contribution is 5.77. The molecule has 0 fully saturated rings. The fraction of sp³-hybridized carbons (Fsp3) is 0.429. The number of para-hydroxylation sites is 1. The zero-order chi connectivity index (χ0) is 12.1. The summed E-state index contributed by atoms with van der Waals surface area (Å²) in [6.45, 7) is 6.41. The zero-order valence-electron chi connectivity index (χ0n) is 10.4. The van der Waals surface area contributed by atoms with Crippen molar-refractivity contribution in [2.24, 2.45) is 0 Å². The van der Waals surface area contributed by atoms with Crippen LogP contribution in [0.25, 0.3) is 11.0 Å². The SMILES string of the molecule is CCOC(C)CNCc1cc2ccccc2o1. The molecule has 1 heterocycles. The Morgan fingerprint density at radius 2 is 2.18 bits per heavy atom. The summed E-state index contributed by atoms with van der Waals surface area (Å²) in [4.78, 5) is 0. The van der Waals surface area contributed by atoms with E-state index in [1.165, 1.54) is 0 Å². The lowest BCUT2D eigenvalue weighted by Gasteiger charge is -2.11. The molecule has 0 aliphatic heterocycles. The molecule has 3 nitrogen and oxygen atoms in total. The van der Waals surface area contributed by atoms with Gasteiger partial charge in [0.05, 0.1) is 12.6 Å². The van der Waals surface area contributed by atoms with E-state index in [1.54, 1.807) is 0 Å². The Morgan fingerprint density at radius 3 is 2.94 bits per heavy atom. The number of nitrogens with one attached hydrogen (secondary N) is 1. The van der Waals surface area contributed by atoms with E-state index < -0.39 is 0 Å². The molecule has 0 aliphatic rings. The van der Waals surface area contributed by atoms with E-state index in [4.69, 9.17) is 9.15 Å². The number of hydrogen-bond acceptors (Lipinski definition) is 3. The average molecular weight is 233 g/mol. The Kier molecular flexibility index (Phi) is 4.18. The molecule has 3 heteroatoms. The first-order chi connectivity index (χ1) is 8.29. The smallest absolute Gasteiger partial charge is 0.134 e. The topological polar surface area (TPSA) is 34.4 Å². The Labute approximate surface area is 102 Å². The van der Waals surface area contributed by atoms with E-state index in [0.717, 1.165) is 36.4 Å². The Bertz CT molecular complexity index is 431. The van der Waals surface area contributed by atoms with Gasteiger partial charge in [0.1, 0.15) is 11.3 Å². The first-order valence-electron chi connectivity index (χ1n) is 6.09. The van der Waals surface area contributed by atoms with Gasteiger partial charge in [-0.05, 0) is 26.0 Å². The molecule has 1 aromatic carbocycles. The minimum absolute atomic E-state index is 0.240. The monoisotopic (exact) mass is 233 g/mol. The van der Waals surface area contributed by atoms with Gasteiger partial charge in [0, 0.05) is 18.5 Å². The molecule has 0 saturated heterocycles. The van der Waals surface area contributed by atoms with E-state index in [9.17, 15) is 0 Å². The van der Waals surface area contributed by atoms with E-state index in [-0.39, 0.29) is 6.10 Å². The third-order valence-electron chi connectivity index (χ3n) is 2.66. The third kappa shape index (κ3) is 3.32. The van der Waals surface area contributed by atoms with Crippen LogP contribution in [0.2, 0.25) is 0 Å². The van der Waals surface area contributed by atoms with Crippen LogP contribution in [-0.2, 0) is 11.3 Å². The summed E-state index contributed by atoms with van der Waals surface area (Å²) in [5, 5.41) is 4.48. The van der Waals surface area contributed by atoms with Crippen molar-refractivity contribution in [1.82, 2.24) is 5.32 Å². The summed E-state index contributed by atoms with van der Waals surface area (Å²) in [6.07, 6.45) is 0.240. The second kappa shape index (κ2) is 5.84. The summed E-state index contributed by atoms with van der Waals surface area (Å²) in [7, 11) is 0. The molecule has 1 atom stereocenters. The maximum Gasteiger partial charge on any atom is 0.134 e. The number of benzene rings is 1. The van der Waals surface area contributed by atoms with Gasteiger partial charge in [-0.25, -0.2) is 0 Å². The van der Waals surface area contributed by atoms with Crippen LogP contribution in [0.3, 0.4) is 0 Å². The Balaban J connectivity index is 1.86. The fourth-order valence-electron chi connectivity index (χ4n) is 1.87. The number of rotatable bonds is 6. The molecule has 1 unspecified atom stereocenters. The zero-order valence-corrected chi connectivity index (χ0v) is 10.4. The van der Waals surface area contributed by atoms with Gasteiger partial charge in [-0.15, -0.1) is 0 Å². The van der Waals surface area contributed by atoms with Crippen LogP contribution in [0.15, 0.2) is 34.7 Å². The van der Waals surface area contributed by atoms with Crippen molar-refractivity contribution in [2.45, 2.75) is 26.5 Å². The molecule has 0 radical (unpaired) electrons. The van der Waals surface area contributed by atoms with Crippen molar-refractivity contribution in [3.8, 4) is 0 Å². The molecule has 1 aromatic heterocycles. The van der Waals surface area contributed by atoms with Gasteiger partial charge in [0.15, 0.2) is 0 Å². The summed E-state index contributed by atoms with van der Waals surface area (Å²) in [6, 6.07) is 10.1. The predicted molar refractivity (Wildman–Crippen MR) is 69.0 cm³/mol. The lowest BCUT2D eigenvalue weighted by atomic mass is 10.2. The highest BCUT2D eigenvalue weighted by Crippen LogP contribution is 2.18. The molecule has 2 aromatic rings. The summed E-state index contributed by atoms with van der Waals surface area (Å²) >= 11 is 0. The quantitative estimate of drug-likeness (QED) is 0.833. The summed E-state index contributed by atoms with van der Waals surface area (Å²) in [5.74, 6) is 0.967. The predicted octanol–water partition coefficient (Wildman–Crippen LogP) is 2.95. The molecule has 17 heavy (non-hydrogen) atoms. The van der Waals surface area contributed by atoms with E-state index in [1.807, 2.05) is 25.1 Å². The first-order valence-corrected chi connectivity index (χ1v) is 6.09. The highest BCUT2D eigenvalue weighted by Gasteiger charge is 2.04. The van der Waals surface area contributed by atoms with Crippen LogP contribution in [0.1, 0.15) is 19.6 Å². The number of fused-ring (bicyclic) bond motifs is 1. The van der Waals surface area contributed by atoms with Gasteiger partial charge in [-0.3, -0.25) is 0 Å². The molecular formula is C14H19NO2. The molecule has 0 spiro atoms. The van der Waals surface area contributed by atoms with Crippen LogP contribution < -0.4 is 5.32 Å². The van der Waals surface area contributed by atoms with Gasteiger partial charge in [-0.2, -0.15) is 0 Å². The number of ether oxygens (including phenoxy) is 1. The van der Waals surface area contributed by atoms with Crippen molar-refractivity contribution in [3.63, 3.8) is 0 Å². The maximum absolute atomic E-state index is 5.71. The molecular weight excluding hydrogens is 214 g/mol. The van der Waals surface area contributed by atoms with Crippen LogP contribution >= 0.6 is 0 Å². The second-order valence-electron chi connectivity index (χ2n) is 4.15. The van der Waals surface area contributed by atoms with Gasteiger partial charge in [0.25, 0.3) is 0 Å². The van der Waals surface area contributed by atoms with E-state index >= 15 is 0 Å². The van der Waals surface area contributed by atoms with Crippen molar-refractivity contribution in [1.29, 1.82) is 0 Å². The largest absolute Gasteiger partial charge is 0.460 e. The molecule has 0 amide bonds. The highest BCUT2D eigenvalue weighted by atomic mass is 16.5. The van der Waals surface area contributed by atoms with Crippen molar-refractivity contribution >= 4 is 11.0 Å². The second-order valence-corrected chi connectivity index (χ2v) is 4.15. The molecule has 2 rings (SSSR count). The number of furan rings is 1. The van der Waals surface area contributed by atoms with Crippen LogP contribution in [-0.4, -0.2) is 19.3 Å². The fourth-order valence-corrected chi connectivity index (χ4v) is 1.87. The van der Waals surface area contributed by atoms with Crippen molar-refractivity contribution < 1.29 is 9.15 Å². The van der Waals surface area contributed by atoms with E-state index in [0.29, 0.717) is 0 Å². The van der Waals surface area contributed by atoms with Crippen molar-refractivity contribution in [3.05, 3.63) is 36.1 Å². The Hall–Kier alpha value is -1.32. The maximum atomic E-state index is 5.71. The molecule has 0 bridgehead atoms. The first kappa shape index (κ1) is 12.1. The number of hydrogen-bond donors (Lipinski definition) is 1. The molecule has 0 aliphatic carbocycles. The van der Waals surface area contributed by atoms with Gasteiger partial charge in [0.2, 0.25) is 0 Å². The van der Waals surface area contributed by atoms with Crippen LogP contribution in [0.4, 0.5) is 0 Å². The Morgan fingerprint density at radius 1 is 1.35 bits per heavy atom. The lowest BCUT2D eigenvalue weighted by Crippen LogP contribution is -2.26. The minimum atomic E-state index is 0.240. The van der Waals surface area contributed by atoms with Crippen molar-refractivity contribution in [2.75, 3.05) is 13.2 Å². The van der Waals surface area contributed by atoms with Crippen LogP contribution in [0, 0.1) is 0 Å². The van der Waals surface area contributed by atoms with E-state index in [2.05, 4.69) is 24.4 Å². The van der Waals surface area contributed by atoms with Gasteiger partial charge < -0.3 is 14.5 Å². The normalized spacial score (nSPS) is 13.1. The molecule has 92 valence electrons. The minimum Gasteiger partial charge on any atom is -0.460 e. The third-order valence-corrected chi connectivity index (χ3v) is 2.66. The standard InChI is InChI=1S/C14H19NO2/c1-3-16-11(2)9-15-10-13-8-12-6-4-5-7-14(12)17-13/h4-8,11,15H,3,9-10H2,1-2H3. The summed E-state index contributed by atoms with van der Waals surface area (Å²) < 4.78 is 11.2. The average Bonchev–Trinajstić information content (AvgIpc) is 2.71. The van der Waals surface area contributed by atoms with Gasteiger partial charge in [-0.1, -0.05) is 18.2 Å². The summed E-state index contributed by atoms with van der Waals surface area (Å²) in [5.41, 5.74) is 0.946. The lowest BCUT2D eigenvalue weighted by molar-refractivity contribution is 0.0756. The molecule has 0 saturated carbocycles. The molecule has 1 N–H and O–H groups in total. The van der Waals surface area contributed by atoms with Gasteiger partial charge >= 0.3 is 0 Å².